The monoisotopic (exact) mass is 337 g/mol. The first-order chi connectivity index (χ1) is 11.0. The van der Waals surface area contributed by atoms with Gasteiger partial charge < -0.3 is 15.1 Å². The molecule has 0 fully saturated rings. The van der Waals surface area contributed by atoms with Crippen LogP contribution in [0, 0.1) is 11.6 Å². The zero-order valence-electron chi connectivity index (χ0n) is 11.4. The number of hydrogen-bond acceptors (Lipinski definition) is 5. The molecule has 0 aliphatic carbocycles. The van der Waals surface area contributed by atoms with Crippen molar-refractivity contribution in [2.45, 2.75) is 0 Å². The Balaban J connectivity index is 1.64. The van der Waals surface area contributed by atoms with Crippen LogP contribution >= 0.6 is 11.3 Å². The zero-order chi connectivity index (χ0) is 16.4. The second-order valence-electron chi connectivity index (χ2n) is 4.46. The smallest absolute Gasteiger partial charge is 0.287 e. The van der Waals surface area contributed by atoms with Crippen molar-refractivity contribution >= 4 is 38.5 Å². The maximum Gasteiger partial charge on any atom is 0.287 e. The van der Waals surface area contributed by atoms with Crippen molar-refractivity contribution in [2.24, 2.45) is 0 Å². The Hall–Kier alpha value is -2.81. The number of fused-ring (bicyclic) bond motifs is 1. The minimum atomic E-state index is -0.803. The summed E-state index contributed by atoms with van der Waals surface area (Å²) in [5.41, 5.74) is -0.0219. The van der Waals surface area contributed by atoms with Crippen molar-refractivity contribution < 1.29 is 22.8 Å². The Morgan fingerprint density at radius 2 is 2.13 bits per heavy atom. The van der Waals surface area contributed by atoms with Crippen LogP contribution < -0.4 is 10.6 Å². The number of benzene rings is 1. The van der Waals surface area contributed by atoms with Crippen LogP contribution in [-0.4, -0.2) is 23.3 Å². The number of rotatable bonds is 4. The van der Waals surface area contributed by atoms with Crippen molar-refractivity contribution in [1.29, 1.82) is 0 Å². The van der Waals surface area contributed by atoms with Crippen LogP contribution in [0.25, 0.3) is 10.2 Å². The Bertz CT molecular complexity index is 877. The van der Waals surface area contributed by atoms with Crippen LogP contribution in [-0.2, 0) is 4.79 Å². The molecular weight excluding hydrogens is 328 g/mol. The topological polar surface area (TPSA) is 84.2 Å². The van der Waals surface area contributed by atoms with Crippen LogP contribution in [0.4, 0.5) is 13.9 Å². The lowest BCUT2D eigenvalue weighted by atomic mass is 10.3. The maximum atomic E-state index is 13.5. The maximum absolute atomic E-state index is 13.5. The largest absolute Gasteiger partial charge is 0.459 e. The van der Waals surface area contributed by atoms with Crippen molar-refractivity contribution in [3.63, 3.8) is 0 Å². The molecule has 3 rings (SSSR count). The fourth-order valence-corrected chi connectivity index (χ4v) is 2.75. The summed E-state index contributed by atoms with van der Waals surface area (Å²) in [5.74, 6) is -2.53. The van der Waals surface area contributed by atoms with Crippen LogP contribution in [0.15, 0.2) is 34.9 Å². The molecule has 2 N–H and O–H groups in total. The van der Waals surface area contributed by atoms with E-state index in [0.29, 0.717) is 0 Å². The summed E-state index contributed by atoms with van der Waals surface area (Å²) in [6.07, 6.45) is 1.34. The molecule has 0 radical (unpaired) electrons. The predicted octanol–water partition coefficient (Wildman–Crippen LogP) is 2.54. The van der Waals surface area contributed by atoms with Crippen LogP contribution in [0.3, 0.4) is 0 Å². The van der Waals surface area contributed by atoms with E-state index in [4.69, 9.17) is 4.42 Å². The molecule has 23 heavy (non-hydrogen) atoms. The minimum absolute atomic E-state index is 0.0219. The molecule has 0 saturated carbocycles. The predicted molar refractivity (Wildman–Crippen MR) is 79.2 cm³/mol. The molecule has 2 amide bonds. The number of halogens is 2. The number of hydrogen-bond donors (Lipinski definition) is 2. The van der Waals surface area contributed by atoms with Gasteiger partial charge in [0.15, 0.2) is 16.7 Å². The second kappa shape index (κ2) is 6.13. The number of anilines is 1. The molecule has 0 spiro atoms. The van der Waals surface area contributed by atoms with Gasteiger partial charge in [-0.05, 0) is 18.2 Å². The van der Waals surface area contributed by atoms with E-state index in [2.05, 4.69) is 15.6 Å². The first-order valence-electron chi connectivity index (χ1n) is 6.40. The summed E-state index contributed by atoms with van der Waals surface area (Å²) in [7, 11) is 0. The normalized spacial score (nSPS) is 10.7. The summed E-state index contributed by atoms with van der Waals surface area (Å²) in [6.45, 7) is -0.313. The molecule has 0 atom stereocenters. The van der Waals surface area contributed by atoms with Crippen molar-refractivity contribution in [1.82, 2.24) is 10.3 Å². The molecule has 118 valence electrons. The molecular formula is C14H9F2N3O3S. The lowest BCUT2D eigenvalue weighted by Crippen LogP contribution is -2.32. The van der Waals surface area contributed by atoms with Gasteiger partial charge in [-0.1, -0.05) is 11.3 Å². The SMILES string of the molecule is O=C(CNC(=O)c1ccco1)Nc1nc2c(F)cc(F)cc2s1. The molecule has 6 nitrogen and oxygen atoms in total. The highest BCUT2D eigenvalue weighted by Gasteiger charge is 2.14. The van der Waals surface area contributed by atoms with Gasteiger partial charge in [0.25, 0.3) is 5.91 Å². The summed E-state index contributed by atoms with van der Waals surface area (Å²) < 4.78 is 31.8. The highest BCUT2D eigenvalue weighted by atomic mass is 32.1. The van der Waals surface area contributed by atoms with Gasteiger partial charge in [-0.2, -0.15) is 0 Å². The Morgan fingerprint density at radius 1 is 1.30 bits per heavy atom. The average Bonchev–Trinajstić information content (AvgIpc) is 3.14. The number of nitrogens with zero attached hydrogens (tertiary/aromatic N) is 1. The number of carbonyl (C=O) groups is 2. The summed E-state index contributed by atoms with van der Waals surface area (Å²) in [4.78, 5) is 27.2. The molecule has 0 unspecified atom stereocenters. The molecule has 9 heteroatoms. The standard InChI is InChI=1S/C14H9F2N3O3S/c15-7-4-8(16)12-10(5-7)23-14(19-12)18-11(20)6-17-13(21)9-2-1-3-22-9/h1-5H,6H2,(H,17,21)(H,18,19,20). The number of nitrogens with one attached hydrogen (secondary N) is 2. The second-order valence-corrected chi connectivity index (χ2v) is 5.49. The third kappa shape index (κ3) is 3.34. The van der Waals surface area contributed by atoms with Gasteiger partial charge >= 0.3 is 0 Å². The van der Waals surface area contributed by atoms with Crippen molar-refractivity contribution in [3.8, 4) is 0 Å². The summed E-state index contributed by atoms with van der Waals surface area (Å²) >= 11 is 0.932. The van der Waals surface area contributed by atoms with E-state index in [1.54, 1.807) is 6.07 Å². The first kappa shape index (κ1) is 15.1. The molecule has 1 aromatic carbocycles. The van der Waals surface area contributed by atoms with Crippen LogP contribution in [0.1, 0.15) is 10.6 Å². The van der Waals surface area contributed by atoms with E-state index in [1.807, 2.05) is 0 Å². The van der Waals surface area contributed by atoms with Crippen molar-refractivity contribution in [2.75, 3.05) is 11.9 Å². The number of amides is 2. The number of aromatic nitrogens is 1. The third-order valence-corrected chi connectivity index (χ3v) is 3.73. The molecule has 3 aromatic rings. The van der Waals surface area contributed by atoms with Gasteiger partial charge in [-0.25, -0.2) is 13.8 Å². The first-order valence-corrected chi connectivity index (χ1v) is 7.22. The average molecular weight is 337 g/mol. The van der Waals surface area contributed by atoms with E-state index in [1.165, 1.54) is 12.3 Å². The van der Waals surface area contributed by atoms with E-state index >= 15 is 0 Å². The summed E-state index contributed by atoms with van der Waals surface area (Å²) in [6, 6.07) is 4.85. The van der Waals surface area contributed by atoms with Crippen LogP contribution in [0.5, 0.6) is 0 Å². The molecule has 0 bridgehead atoms. The fraction of sp³-hybridized carbons (Fsp3) is 0.0714. The number of furan rings is 1. The Kier molecular flexibility index (Phi) is 4.02. The molecule has 0 aliphatic rings. The number of thiazole rings is 1. The highest BCUT2D eigenvalue weighted by molar-refractivity contribution is 7.22. The van der Waals surface area contributed by atoms with E-state index in [0.717, 1.165) is 23.5 Å². The Morgan fingerprint density at radius 3 is 2.87 bits per heavy atom. The third-order valence-electron chi connectivity index (χ3n) is 2.81. The van der Waals surface area contributed by atoms with Crippen LogP contribution in [0.2, 0.25) is 0 Å². The van der Waals surface area contributed by atoms with Gasteiger partial charge in [0, 0.05) is 6.07 Å². The lowest BCUT2D eigenvalue weighted by Gasteiger charge is -2.02. The molecule has 0 aliphatic heterocycles. The van der Waals surface area contributed by atoms with Gasteiger partial charge in [0.1, 0.15) is 11.3 Å². The van der Waals surface area contributed by atoms with E-state index < -0.39 is 23.4 Å². The van der Waals surface area contributed by atoms with Gasteiger partial charge in [-0.3, -0.25) is 9.59 Å². The highest BCUT2D eigenvalue weighted by Crippen LogP contribution is 2.28. The quantitative estimate of drug-likeness (QED) is 0.766. The van der Waals surface area contributed by atoms with E-state index in [-0.39, 0.29) is 27.7 Å². The van der Waals surface area contributed by atoms with Gasteiger partial charge in [0.05, 0.1) is 17.5 Å². The zero-order valence-corrected chi connectivity index (χ0v) is 12.2. The van der Waals surface area contributed by atoms with Gasteiger partial charge in [0.2, 0.25) is 5.91 Å². The molecule has 0 saturated heterocycles. The minimum Gasteiger partial charge on any atom is -0.459 e. The molecule has 2 heterocycles. The summed E-state index contributed by atoms with van der Waals surface area (Å²) in [5, 5.41) is 4.88. The molecule has 2 aromatic heterocycles. The van der Waals surface area contributed by atoms with Crippen molar-refractivity contribution in [3.05, 3.63) is 47.9 Å². The van der Waals surface area contributed by atoms with E-state index in [9.17, 15) is 18.4 Å². The lowest BCUT2D eigenvalue weighted by molar-refractivity contribution is -0.115. The fourth-order valence-electron chi connectivity index (χ4n) is 1.83. The van der Waals surface area contributed by atoms with Gasteiger partial charge in [-0.15, -0.1) is 0 Å². The number of carbonyl (C=O) groups excluding carboxylic acids is 2. The Labute approximate surface area is 132 Å².